The van der Waals surface area contributed by atoms with Gasteiger partial charge in [-0.15, -0.1) is 0 Å². The molecule has 0 spiro atoms. The molecular weight excluding hydrogens is 313 g/mol. The van der Waals surface area contributed by atoms with Gasteiger partial charge in [0.05, 0.1) is 17.8 Å². The largest absolute Gasteiger partial charge is 0.408 e. The number of aromatic nitrogens is 2. The van der Waals surface area contributed by atoms with Gasteiger partial charge < -0.3 is 10.2 Å². The third-order valence-corrected chi connectivity index (χ3v) is 3.77. The van der Waals surface area contributed by atoms with Crippen LogP contribution in [0.1, 0.15) is 26.7 Å². The molecule has 1 N–H and O–H groups in total. The summed E-state index contributed by atoms with van der Waals surface area (Å²) in [7, 11) is 0. The fraction of sp³-hybridized carbons (Fsp3) is 0.643. The van der Waals surface area contributed by atoms with Gasteiger partial charge in [0.2, 0.25) is 11.8 Å². The Morgan fingerprint density at radius 2 is 2.22 bits per heavy atom. The third-order valence-electron chi connectivity index (χ3n) is 3.77. The van der Waals surface area contributed by atoms with E-state index in [2.05, 4.69) is 10.4 Å². The van der Waals surface area contributed by atoms with E-state index >= 15 is 0 Å². The number of alkyl halides is 3. The maximum absolute atomic E-state index is 12.3. The lowest BCUT2D eigenvalue weighted by Crippen LogP contribution is -2.38. The molecule has 2 heterocycles. The number of hydrogen-bond acceptors (Lipinski definition) is 3. The number of halogens is 3. The number of anilines is 1. The lowest BCUT2D eigenvalue weighted by Gasteiger charge is -2.16. The lowest BCUT2D eigenvalue weighted by molar-refractivity contribution is -0.142. The van der Waals surface area contributed by atoms with Crippen molar-refractivity contribution >= 4 is 17.5 Å². The first-order chi connectivity index (χ1) is 10.7. The van der Waals surface area contributed by atoms with Crippen molar-refractivity contribution in [1.29, 1.82) is 0 Å². The highest BCUT2D eigenvalue weighted by Gasteiger charge is 2.36. The summed E-state index contributed by atoms with van der Waals surface area (Å²) in [6, 6.07) is 0.0150. The molecule has 1 saturated heterocycles. The number of carbonyl (C=O) groups excluding carboxylic acids is 2. The minimum atomic E-state index is -4.38. The van der Waals surface area contributed by atoms with Gasteiger partial charge in [-0.3, -0.25) is 14.3 Å². The van der Waals surface area contributed by atoms with Crippen LogP contribution in [0.3, 0.4) is 0 Å². The van der Waals surface area contributed by atoms with Gasteiger partial charge in [-0.05, 0) is 13.3 Å². The average Bonchev–Trinajstić information content (AvgIpc) is 3.03. The van der Waals surface area contributed by atoms with E-state index < -0.39 is 18.6 Å². The van der Waals surface area contributed by atoms with Crippen LogP contribution in [0.5, 0.6) is 0 Å². The minimum absolute atomic E-state index is 0.0150. The standard InChI is InChI=1S/C14H19F3N4O2/c1-3-9(2)19-13(23)10-4-12(22)21(6-10)11-5-18-20(7-11)8-14(15,16)17/h5,7,9-10H,3-4,6,8H2,1-2H3,(H,19,23)/t9-,10-/m1/s1. The maximum Gasteiger partial charge on any atom is 0.408 e. The van der Waals surface area contributed by atoms with Crippen LogP contribution in [0.15, 0.2) is 12.4 Å². The van der Waals surface area contributed by atoms with Crippen LogP contribution in [0.4, 0.5) is 18.9 Å². The van der Waals surface area contributed by atoms with Crippen molar-refractivity contribution < 1.29 is 22.8 Å². The Balaban J connectivity index is 2.02. The molecule has 6 nitrogen and oxygen atoms in total. The first-order valence-electron chi connectivity index (χ1n) is 7.39. The Kier molecular flexibility index (Phi) is 4.96. The highest BCUT2D eigenvalue weighted by molar-refractivity contribution is 6.00. The second-order valence-corrected chi connectivity index (χ2v) is 5.73. The highest BCUT2D eigenvalue weighted by Crippen LogP contribution is 2.26. The van der Waals surface area contributed by atoms with Gasteiger partial charge in [-0.1, -0.05) is 6.92 Å². The molecule has 1 aromatic rings. The summed E-state index contributed by atoms with van der Waals surface area (Å²) in [6.45, 7) is 2.74. The third kappa shape index (κ3) is 4.46. The molecule has 0 saturated carbocycles. The van der Waals surface area contributed by atoms with Crippen LogP contribution in [0.25, 0.3) is 0 Å². The Hall–Kier alpha value is -2.06. The van der Waals surface area contributed by atoms with Crippen LogP contribution >= 0.6 is 0 Å². The SMILES string of the molecule is CC[C@@H](C)NC(=O)[C@@H]1CC(=O)N(c2cnn(CC(F)(F)F)c2)C1. The number of amides is 2. The molecule has 2 rings (SSSR count). The molecular formula is C14H19F3N4O2. The predicted molar refractivity (Wildman–Crippen MR) is 76.6 cm³/mol. The van der Waals surface area contributed by atoms with Gasteiger partial charge in [0.1, 0.15) is 6.54 Å². The number of hydrogen-bond donors (Lipinski definition) is 1. The topological polar surface area (TPSA) is 67.2 Å². The van der Waals surface area contributed by atoms with E-state index in [1.54, 1.807) is 0 Å². The van der Waals surface area contributed by atoms with Gasteiger partial charge in [0.15, 0.2) is 0 Å². The zero-order valence-electron chi connectivity index (χ0n) is 12.9. The second-order valence-electron chi connectivity index (χ2n) is 5.73. The summed E-state index contributed by atoms with van der Waals surface area (Å²) >= 11 is 0. The normalized spacial score (nSPS) is 20.0. The molecule has 2 amide bonds. The Bertz CT molecular complexity index is 585. The minimum Gasteiger partial charge on any atom is -0.353 e. The second kappa shape index (κ2) is 6.59. The van der Waals surface area contributed by atoms with Crippen LogP contribution < -0.4 is 10.2 Å². The molecule has 0 radical (unpaired) electrons. The van der Waals surface area contributed by atoms with E-state index in [-0.39, 0.29) is 36.5 Å². The molecule has 0 aromatic carbocycles. The van der Waals surface area contributed by atoms with Crippen molar-refractivity contribution in [3.63, 3.8) is 0 Å². The fourth-order valence-corrected chi connectivity index (χ4v) is 2.36. The van der Waals surface area contributed by atoms with Crippen molar-refractivity contribution in [3.8, 4) is 0 Å². The molecule has 2 atom stereocenters. The van der Waals surface area contributed by atoms with E-state index in [0.717, 1.165) is 11.1 Å². The molecule has 1 fully saturated rings. The monoisotopic (exact) mass is 332 g/mol. The Morgan fingerprint density at radius 3 is 2.83 bits per heavy atom. The molecule has 9 heteroatoms. The van der Waals surface area contributed by atoms with Gasteiger partial charge >= 0.3 is 6.18 Å². The predicted octanol–water partition coefficient (Wildman–Crippen LogP) is 1.71. The van der Waals surface area contributed by atoms with E-state index in [0.29, 0.717) is 0 Å². The van der Waals surface area contributed by atoms with Crippen molar-refractivity contribution in [2.45, 2.75) is 45.5 Å². The Morgan fingerprint density at radius 1 is 1.52 bits per heavy atom. The summed E-state index contributed by atoms with van der Waals surface area (Å²) in [5.74, 6) is -0.999. The van der Waals surface area contributed by atoms with Crippen LogP contribution in [-0.4, -0.2) is 40.4 Å². The summed E-state index contributed by atoms with van der Waals surface area (Å²) in [4.78, 5) is 25.4. The summed E-state index contributed by atoms with van der Waals surface area (Å²) in [5.41, 5.74) is 0.276. The van der Waals surface area contributed by atoms with E-state index in [1.807, 2.05) is 13.8 Å². The summed E-state index contributed by atoms with van der Waals surface area (Å²) < 4.78 is 37.7. The molecule has 0 bridgehead atoms. The molecule has 1 aliphatic rings. The molecule has 0 aliphatic carbocycles. The number of rotatable bonds is 5. The quantitative estimate of drug-likeness (QED) is 0.893. The van der Waals surface area contributed by atoms with Gasteiger partial charge in [0.25, 0.3) is 0 Å². The van der Waals surface area contributed by atoms with Crippen molar-refractivity contribution in [2.24, 2.45) is 5.92 Å². The first-order valence-corrected chi connectivity index (χ1v) is 7.39. The molecule has 23 heavy (non-hydrogen) atoms. The lowest BCUT2D eigenvalue weighted by atomic mass is 10.1. The molecule has 128 valence electrons. The Labute approximate surface area is 131 Å². The molecule has 1 aromatic heterocycles. The van der Waals surface area contributed by atoms with Crippen molar-refractivity contribution in [3.05, 3.63) is 12.4 Å². The average molecular weight is 332 g/mol. The highest BCUT2D eigenvalue weighted by atomic mass is 19.4. The zero-order valence-corrected chi connectivity index (χ0v) is 12.9. The van der Waals surface area contributed by atoms with Gasteiger partial charge in [-0.2, -0.15) is 18.3 Å². The number of nitrogens with one attached hydrogen (secondary N) is 1. The zero-order chi connectivity index (χ0) is 17.2. The van der Waals surface area contributed by atoms with Crippen LogP contribution in [-0.2, 0) is 16.1 Å². The number of nitrogens with zero attached hydrogens (tertiary/aromatic N) is 3. The molecule has 1 aliphatic heterocycles. The van der Waals surface area contributed by atoms with Gasteiger partial charge in [0, 0.05) is 25.2 Å². The summed E-state index contributed by atoms with van der Waals surface area (Å²) in [5, 5.41) is 6.43. The summed E-state index contributed by atoms with van der Waals surface area (Å²) in [6.07, 6.45) is -1.18. The van der Waals surface area contributed by atoms with E-state index in [1.165, 1.54) is 17.3 Å². The van der Waals surface area contributed by atoms with Crippen LogP contribution in [0, 0.1) is 5.92 Å². The van der Waals surface area contributed by atoms with Gasteiger partial charge in [-0.25, -0.2) is 0 Å². The first kappa shape index (κ1) is 17.3. The molecule has 0 unspecified atom stereocenters. The maximum atomic E-state index is 12.3. The van der Waals surface area contributed by atoms with Crippen LogP contribution in [0.2, 0.25) is 0 Å². The van der Waals surface area contributed by atoms with Crippen molar-refractivity contribution in [1.82, 2.24) is 15.1 Å². The number of carbonyl (C=O) groups is 2. The van der Waals surface area contributed by atoms with Crippen molar-refractivity contribution in [2.75, 3.05) is 11.4 Å². The van der Waals surface area contributed by atoms with E-state index in [4.69, 9.17) is 0 Å². The van der Waals surface area contributed by atoms with E-state index in [9.17, 15) is 22.8 Å². The fourth-order valence-electron chi connectivity index (χ4n) is 2.36. The smallest absolute Gasteiger partial charge is 0.353 e.